The lowest BCUT2D eigenvalue weighted by Gasteiger charge is -2.45. The minimum absolute atomic E-state index is 0.782. The van der Waals surface area contributed by atoms with E-state index in [-0.39, 0.29) is 0 Å². The van der Waals surface area contributed by atoms with Gasteiger partial charge in [0.2, 0.25) is 5.95 Å². The Morgan fingerprint density at radius 3 is 2.39 bits per heavy atom. The van der Waals surface area contributed by atoms with Crippen LogP contribution in [0.4, 0.5) is 5.95 Å². The molecule has 126 valence electrons. The van der Waals surface area contributed by atoms with Gasteiger partial charge in [-0.3, -0.25) is 4.90 Å². The van der Waals surface area contributed by atoms with E-state index in [9.17, 15) is 0 Å². The number of piperazine rings is 1. The van der Waals surface area contributed by atoms with Crippen LogP contribution in [0.25, 0.3) is 0 Å². The van der Waals surface area contributed by atoms with Gasteiger partial charge in [-0.25, -0.2) is 9.97 Å². The zero-order valence-corrected chi connectivity index (χ0v) is 13.9. The Bertz CT molecular complexity index is 475. The van der Waals surface area contributed by atoms with Gasteiger partial charge in [-0.1, -0.05) is 0 Å². The summed E-state index contributed by atoms with van der Waals surface area (Å²) in [7, 11) is 0. The number of hydrogen-bond donors (Lipinski definition) is 1. The van der Waals surface area contributed by atoms with Gasteiger partial charge in [0.15, 0.2) is 0 Å². The Morgan fingerprint density at radius 2 is 1.70 bits per heavy atom. The average Bonchev–Trinajstić information content (AvgIpc) is 2.60. The van der Waals surface area contributed by atoms with E-state index in [1.807, 2.05) is 18.5 Å². The third-order valence-corrected chi connectivity index (χ3v) is 5.54. The van der Waals surface area contributed by atoms with Crippen LogP contribution in [0.15, 0.2) is 18.5 Å². The fourth-order valence-electron chi connectivity index (χ4n) is 4.15. The molecule has 3 fully saturated rings. The Hall–Kier alpha value is -1.24. The van der Waals surface area contributed by atoms with Gasteiger partial charge in [-0.2, -0.15) is 0 Å². The van der Waals surface area contributed by atoms with E-state index in [0.29, 0.717) is 0 Å². The third-order valence-electron chi connectivity index (χ3n) is 5.54. The predicted octanol–water partition coefficient (Wildman–Crippen LogP) is 0.282. The van der Waals surface area contributed by atoms with Gasteiger partial charge < -0.3 is 15.1 Å². The zero-order chi connectivity index (χ0) is 15.5. The van der Waals surface area contributed by atoms with E-state index < -0.39 is 0 Å². The van der Waals surface area contributed by atoms with Crippen LogP contribution in [0.2, 0.25) is 0 Å². The fourth-order valence-corrected chi connectivity index (χ4v) is 4.15. The molecule has 0 aliphatic carbocycles. The standard InChI is InChI=1S/C17H28N6/c1-4-19-17(20-5-1)23-13-15(14-23)12-21-8-10-22(11-9-21)16-2-6-18-7-3-16/h1,4-5,15-16,18H,2-3,6-14H2. The Labute approximate surface area is 138 Å². The summed E-state index contributed by atoms with van der Waals surface area (Å²) in [4.78, 5) is 16.3. The van der Waals surface area contributed by atoms with Gasteiger partial charge in [0.1, 0.15) is 0 Å². The summed E-state index contributed by atoms with van der Waals surface area (Å²) in [6.45, 7) is 10.8. The van der Waals surface area contributed by atoms with Crippen LogP contribution in [0.5, 0.6) is 0 Å². The van der Waals surface area contributed by atoms with Crippen LogP contribution >= 0.6 is 0 Å². The molecule has 4 rings (SSSR count). The largest absolute Gasteiger partial charge is 0.340 e. The van der Waals surface area contributed by atoms with Crippen LogP contribution in [0.3, 0.4) is 0 Å². The zero-order valence-electron chi connectivity index (χ0n) is 13.9. The van der Waals surface area contributed by atoms with E-state index in [2.05, 4.69) is 30.0 Å². The molecule has 1 N–H and O–H groups in total. The first-order chi connectivity index (χ1) is 11.4. The molecule has 0 radical (unpaired) electrons. The highest BCUT2D eigenvalue weighted by molar-refractivity contribution is 5.32. The molecule has 4 heterocycles. The molecule has 0 atom stereocenters. The molecule has 3 aliphatic heterocycles. The Balaban J connectivity index is 1.18. The molecule has 1 aromatic rings. The maximum absolute atomic E-state index is 4.33. The Kier molecular flexibility index (Phi) is 4.73. The van der Waals surface area contributed by atoms with Crippen molar-refractivity contribution in [3.63, 3.8) is 0 Å². The molecule has 0 bridgehead atoms. The average molecular weight is 316 g/mol. The van der Waals surface area contributed by atoms with Crippen LogP contribution in [0, 0.1) is 5.92 Å². The van der Waals surface area contributed by atoms with Gasteiger partial charge in [0.05, 0.1) is 0 Å². The number of hydrogen-bond acceptors (Lipinski definition) is 6. The van der Waals surface area contributed by atoms with Crippen molar-refractivity contribution in [3.05, 3.63) is 18.5 Å². The van der Waals surface area contributed by atoms with Gasteiger partial charge in [-0.15, -0.1) is 0 Å². The highest BCUT2D eigenvalue weighted by atomic mass is 15.3. The second-order valence-corrected chi connectivity index (χ2v) is 7.14. The van der Waals surface area contributed by atoms with Gasteiger partial charge >= 0.3 is 0 Å². The lowest BCUT2D eigenvalue weighted by Crippen LogP contribution is -2.57. The summed E-state index contributed by atoms with van der Waals surface area (Å²) in [5.41, 5.74) is 0. The number of nitrogens with zero attached hydrogens (tertiary/aromatic N) is 5. The van der Waals surface area contributed by atoms with Crippen molar-refractivity contribution >= 4 is 5.95 Å². The first-order valence-electron chi connectivity index (χ1n) is 9.07. The predicted molar refractivity (Wildman–Crippen MR) is 91.6 cm³/mol. The van der Waals surface area contributed by atoms with Crippen LogP contribution in [0.1, 0.15) is 12.8 Å². The molecule has 0 unspecified atom stereocenters. The molecule has 0 saturated carbocycles. The topological polar surface area (TPSA) is 47.5 Å². The molecule has 0 spiro atoms. The molecular weight excluding hydrogens is 288 g/mol. The van der Waals surface area contributed by atoms with E-state index >= 15 is 0 Å². The molecule has 1 aromatic heterocycles. The summed E-state index contributed by atoms with van der Waals surface area (Å²) < 4.78 is 0. The SMILES string of the molecule is c1cnc(N2CC(CN3CCN(C4CCNCC4)CC3)C2)nc1. The van der Waals surface area contributed by atoms with E-state index in [1.54, 1.807) is 0 Å². The summed E-state index contributed by atoms with van der Waals surface area (Å²) in [6.07, 6.45) is 6.31. The summed E-state index contributed by atoms with van der Waals surface area (Å²) >= 11 is 0. The molecule has 23 heavy (non-hydrogen) atoms. The van der Waals surface area contributed by atoms with Crippen molar-refractivity contribution in [2.45, 2.75) is 18.9 Å². The summed E-state index contributed by atoms with van der Waals surface area (Å²) in [5.74, 6) is 1.67. The van der Waals surface area contributed by atoms with Crippen LogP contribution in [-0.2, 0) is 0 Å². The van der Waals surface area contributed by atoms with Crippen molar-refractivity contribution in [1.82, 2.24) is 25.1 Å². The second-order valence-electron chi connectivity index (χ2n) is 7.14. The van der Waals surface area contributed by atoms with Crippen molar-refractivity contribution in [3.8, 4) is 0 Å². The van der Waals surface area contributed by atoms with Crippen LogP contribution < -0.4 is 10.2 Å². The smallest absolute Gasteiger partial charge is 0.225 e. The van der Waals surface area contributed by atoms with Crippen molar-refractivity contribution in [2.75, 3.05) is 63.8 Å². The second kappa shape index (κ2) is 7.11. The third kappa shape index (κ3) is 3.65. The quantitative estimate of drug-likeness (QED) is 0.861. The Morgan fingerprint density at radius 1 is 1.00 bits per heavy atom. The molecule has 0 aromatic carbocycles. The lowest BCUT2D eigenvalue weighted by atomic mass is 9.99. The van der Waals surface area contributed by atoms with Gasteiger partial charge in [0, 0.05) is 70.2 Å². The lowest BCUT2D eigenvalue weighted by molar-refractivity contribution is 0.0706. The first-order valence-corrected chi connectivity index (χ1v) is 9.07. The fraction of sp³-hybridized carbons (Fsp3) is 0.765. The highest BCUT2D eigenvalue weighted by Crippen LogP contribution is 2.22. The van der Waals surface area contributed by atoms with Gasteiger partial charge in [0.25, 0.3) is 0 Å². The normalized spacial score (nSPS) is 25.5. The molecular formula is C17H28N6. The number of nitrogens with one attached hydrogen (secondary N) is 1. The number of anilines is 1. The monoisotopic (exact) mass is 316 g/mol. The molecule has 6 nitrogen and oxygen atoms in total. The van der Waals surface area contributed by atoms with Gasteiger partial charge in [-0.05, 0) is 32.0 Å². The highest BCUT2D eigenvalue weighted by Gasteiger charge is 2.32. The maximum Gasteiger partial charge on any atom is 0.225 e. The molecule has 3 saturated heterocycles. The van der Waals surface area contributed by atoms with E-state index in [0.717, 1.165) is 31.0 Å². The first kappa shape index (κ1) is 15.3. The van der Waals surface area contributed by atoms with Crippen molar-refractivity contribution in [2.24, 2.45) is 5.92 Å². The van der Waals surface area contributed by atoms with E-state index in [4.69, 9.17) is 0 Å². The number of rotatable bonds is 4. The molecule has 6 heteroatoms. The number of piperidine rings is 1. The molecule has 3 aliphatic rings. The maximum atomic E-state index is 4.33. The van der Waals surface area contributed by atoms with Crippen molar-refractivity contribution < 1.29 is 0 Å². The van der Waals surface area contributed by atoms with E-state index in [1.165, 1.54) is 58.7 Å². The summed E-state index contributed by atoms with van der Waals surface area (Å²) in [6, 6.07) is 2.70. The minimum atomic E-state index is 0.782. The van der Waals surface area contributed by atoms with Crippen LogP contribution in [-0.4, -0.2) is 84.7 Å². The summed E-state index contributed by atoms with van der Waals surface area (Å²) in [5, 5.41) is 3.47. The minimum Gasteiger partial charge on any atom is -0.340 e. The number of aromatic nitrogens is 2. The molecule has 0 amide bonds. The van der Waals surface area contributed by atoms with Crippen molar-refractivity contribution in [1.29, 1.82) is 0 Å².